The van der Waals surface area contributed by atoms with E-state index in [1.165, 1.54) is 37.7 Å². The van der Waals surface area contributed by atoms with Gasteiger partial charge in [0, 0.05) is 0 Å². The van der Waals surface area contributed by atoms with Crippen LogP contribution in [0, 0.1) is 0 Å². The summed E-state index contributed by atoms with van der Waals surface area (Å²) in [5, 5.41) is 0. The summed E-state index contributed by atoms with van der Waals surface area (Å²) in [5.41, 5.74) is 1.54. The molecule has 0 unspecified atom stereocenters. The fourth-order valence-corrected chi connectivity index (χ4v) is 2.33. The molecule has 0 aromatic carbocycles. The molecule has 2 aliphatic rings. The first kappa shape index (κ1) is 7.35. The fraction of sp³-hybridized carbons (Fsp3) is 0.800. The standard InChI is InChI=1S/C10H16O/c1-9-7-10(11-8-9)5-3-2-4-6-10/h1-8H2. The first-order valence-corrected chi connectivity index (χ1v) is 4.61. The van der Waals surface area contributed by atoms with Gasteiger partial charge in [0.2, 0.25) is 0 Å². The maximum Gasteiger partial charge on any atom is 0.0724 e. The second-order valence-corrected chi connectivity index (χ2v) is 3.96. The van der Waals surface area contributed by atoms with Crippen LogP contribution in [-0.2, 0) is 4.74 Å². The Balaban J connectivity index is 2.03. The molecule has 0 aromatic heterocycles. The Morgan fingerprint density at radius 2 is 1.91 bits per heavy atom. The van der Waals surface area contributed by atoms with Crippen molar-refractivity contribution in [2.45, 2.75) is 44.1 Å². The summed E-state index contributed by atoms with van der Waals surface area (Å²) in [6.07, 6.45) is 7.78. The van der Waals surface area contributed by atoms with E-state index in [-0.39, 0.29) is 5.60 Å². The highest BCUT2D eigenvalue weighted by Crippen LogP contribution is 2.40. The summed E-state index contributed by atoms with van der Waals surface area (Å²) in [6, 6.07) is 0. The average molecular weight is 152 g/mol. The molecule has 0 aromatic rings. The Kier molecular flexibility index (Phi) is 1.76. The van der Waals surface area contributed by atoms with Gasteiger partial charge in [-0.2, -0.15) is 0 Å². The monoisotopic (exact) mass is 152 g/mol. The molecule has 0 atom stereocenters. The molecule has 0 radical (unpaired) electrons. The molecular formula is C10H16O. The molecule has 1 saturated carbocycles. The van der Waals surface area contributed by atoms with Gasteiger partial charge < -0.3 is 4.74 Å². The number of hydrogen-bond acceptors (Lipinski definition) is 1. The second-order valence-electron chi connectivity index (χ2n) is 3.96. The predicted molar refractivity (Wildman–Crippen MR) is 45.5 cm³/mol. The lowest BCUT2D eigenvalue weighted by atomic mass is 9.82. The summed E-state index contributed by atoms with van der Waals surface area (Å²) >= 11 is 0. The van der Waals surface area contributed by atoms with Gasteiger partial charge in [-0.15, -0.1) is 0 Å². The molecule has 1 aliphatic carbocycles. The molecule has 0 bridgehead atoms. The Morgan fingerprint density at radius 1 is 1.18 bits per heavy atom. The molecule has 1 saturated heterocycles. The van der Waals surface area contributed by atoms with Crippen LogP contribution in [0.5, 0.6) is 0 Å². The van der Waals surface area contributed by atoms with Crippen molar-refractivity contribution < 1.29 is 4.74 Å². The van der Waals surface area contributed by atoms with Crippen LogP contribution >= 0.6 is 0 Å². The zero-order valence-corrected chi connectivity index (χ0v) is 7.07. The van der Waals surface area contributed by atoms with Gasteiger partial charge >= 0.3 is 0 Å². The fourth-order valence-electron chi connectivity index (χ4n) is 2.33. The van der Waals surface area contributed by atoms with Crippen molar-refractivity contribution in [1.82, 2.24) is 0 Å². The van der Waals surface area contributed by atoms with Gasteiger partial charge in [0.25, 0.3) is 0 Å². The summed E-state index contributed by atoms with van der Waals surface area (Å²) in [6.45, 7) is 4.80. The van der Waals surface area contributed by atoms with E-state index >= 15 is 0 Å². The van der Waals surface area contributed by atoms with Crippen LogP contribution < -0.4 is 0 Å². The van der Waals surface area contributed by atoms with Gasteiger partial charge in [-0.1, -0.05) is 25.8 Å². The average Bonchev–Trinajstić information content (AvgIpc) is 2.34. The molecule has 1 spiro atoms. The molecule has 1 nitrogen and oxygen atoms in total. The molecule has 62 valence electrons. The van der Waals surface area contributed by atoms with E-state index in [2.05, 4.69) is 6.58 Å². The first-order chi connectivity index (χ1) is 5.31. The van der Waals surface area contributed by atoms with E-state index < -0.39 is 0 Å². The number of rotatable bonds is 0. The van der Waals surface area contributed by atoms with Crippen LogP contribution in [-0.4, -0.2) is 12.2 Å². The van der Waals surface area contributed by atoms with Gasteiger partial charge in [0.05, 0.1) is 12.2 Å². The first-order valence-electron chi connectivity index (χ1n) is 4.61. The minimum atomic E-state index is 0.245. The molecule has 2 rings (SSSR count). The highest BCUT2D eigenvalue weighted by atomic mass is 16.5. The van der Waals surface area contributed by atoms with Crippen LogP contribution in [0.25, 0.3) is 0 Å². The lowest BCUT2D eigenvalue weighted by Crippen LogP contribution is -2.30. The van der Waals surface area contributed by atoms with Crippen LogP contribution in [0.3, 0.4) is 0 Å². The summed E-state index contributed by atoms with van der Waals surface area (Å²) in [5.74, 6) is 0. The van der Waals surface area contributed by atoms with E-state index in [1.54, 1.807) is 0 Å². The maximum absolute atomic E-state index is 5.79. The Hall–Kier alpha value is -0.300. The zero-order valence-electron chi connectivity index (χ0n) is 7.07. The lowest BCUT2D eigenvalue weighted by molar-refractivity contribution is -0.0239. The van der Waals surface area contributed by atoms with Crippen molar-refractivity contribution in [3.8, 4) is 0 Å². The van der Waals surface area contributed by atoms with E-state index in [9.17, 15) is 0 Å². The normalized spacial score (nSPS) is 29.6. The highest BCUT2D eigenvalue weighted by Gasteiger charge is 2.37. The minimum absolute atomic E-state index is 0.245. The van der Waals surface area contributed by atoms with Gasteiger partial charge in [-0.05, 0) is 24.8 Å². The van der Waals surface area contributed by atoms with Crippen LogP contribution in [0.4, 0.5) is 0 Å². The van der Waals surface area contributed by atoms with Gasteiger partial charge in [0.15, 0.2) is 0 Å². The van der Waals surface area contributed by atoms with Gasteiger partial charge in [-0.3, -0.25) is 0 Å². The van der Waals surface area contributed by atoms with Crippen LogP contribution in [0.1, 0.15) is 38.5 Å². The van der Waals surface area contributed by atoms with E-state index in [4.69, 9.17) is 4.74 Å². The van der Waals surface area contributed by atoms with E-state index in [0.717, 1.165) is 13.0 Å². The maximum atomic E-state index is 5.79. The summed E-state index contributed by atoms with van der Waals surface area (Å²) < 4.78 is 5.79. The van der Waals surface area contributed by atoms with Gasteiger partial charge in [0.1, 0.15) is 0 Å². The summed E-state index contributed by atoms with van der Waals surface area (Å²) in [4.78, 5) is 0. The highest BCUT2D eigenvalue weighted by molar-refractivity contribution is 5.08. The summed E-state index contributed by atoms with van der Waals surface area (Å²) in [7, 11) is 0. The van der Waals surface area contributed by atoms with Crippen molar-refractivity contribution in [1.29, 1.82) is 0 Å². The molecular weight excluding hydrogens is 136 g/mol. The SMILES string of the molecule is C=C1COC2(CCCCC2)C1. The quantitative estimate of drug-likeness (QED) is 0.485. The third kappa shape index (κ3) is 1.34. The lowest BCUT2D eigenvalue weighted by Gasteiger charge is -2.31. The largest absolute Gasteiger partial charge is 0.370 e. The van der Waals surface area contributed by atoms with Crippen LogP contribution in [0.2, 0.25) is 0 Å². The Labute approximate surface area is 68.4 Å². The van der Waals surface area contributed by atoms with Crippen molar-refractivity contribution in [3.05, 3.63) is 12.2 Å². The molecule has 1 heterocycles. The smallest absolute Gasteiger partial charge is 0.0724 e. The zero-order chi connectivity index (χ0) is 7.73. The predicted octanol–water partition coefficient (Wildman–Crippen LogP) is 2.67. The van der Waals surface area contributed by atoms with Crippen molar-refractivity contribution in [3.63, 3.8) is 0 Å². The third-order valence-corrected chi connectivity index (χ3v) is 2.92. The van der Waals surface area contributed by atoms with Crippen molar-refractivity contribution >= 4 is 0 Å². The molecule has 11 heavy (non-hydrogen) atoms. The van der Waals surface area contributed by atoms with Gasteiger partial charge in [-0.25, -0.2) is 0 Å². The Bertz CT molecular complexity index is 166. The van der Waals surface area contributed by atoms with Crippen LogP contribution in [0.15, 0.2) is 12.2 Å². The Morgan fingerprint density at radius 3 is 2.45 bits per heavy atom. The molecule has 0 amide bonds. The topological polar surface area (TPSA) is 9.23 Å². The molecule has 2 fully saturated rings. The molecule has 1 heteroatoms. The molecule has 0 N–H and O–H groups in total. The number of hydrogen-bond donors (Lipinski definition) is 0. The van der Waals surface area contributed by atoms with E-state index in [1.807, 2.05) is 0 Å². The number of ether oxygens (including phenoxy) is 1. The van der Waals surface area contributed by atoms with Crippen molar-refractivity contribution in [2.75, 3.05) is 6.61 Å². The third-order valence-electron chi connectivity index (χ3n) is 2.92. The van der Waals surface area contributed by atoms with Crippen molar-refractivity contribution in [2.24, 2.45) is 0 Å². The second kappa shape index (κ2) is 2.63. The molecule has 1 aliphatic heterocycles. The van der Waals surface area contributed by atoms with E-state index in [0.29, 0.717) is 0 Å². The minimum Gasteiger partial charge on any atom is -0.370 e.